The molecule has 184 valence electrons. The minimum atomic E-state index is -1.08. The summed E-state index contributed by atoms with van der Waals surface area (Å²) in [5, 5.41) is 9.41. The summed E-state index contributed by atoms with van der Waals surface area (Å²) in [4.78, 5) is 12.1. The second-order valence-electron chi connectivity index (χ2n) is 9.09. The monoisotopic (exact) mass is 464 g/mol. The van der Waals surface area contributed by atoms with E-state index >= 15 is 0 Å². The van der Waals surface area contributed by atoms with E-state index in [1.165, 1.54) is 6.92 Å². The van der Waals surface area contributed by atoms with Crippen LogP contribution >= 0.6 is 0 Å². The molecule has 8 atom stereocenters. The van der Waals surface area contributed by atoms with Crippen molar-refractivity contribution in [1.29, 1.82) is 0 Å². The molecule has 0 aliphatic carbocycles. The summed E-state index contributed by atoms with van der Waals surface area (Å²) in [7, 11) is 1.59. The predicted octanol–water partition coefficient (Wildman–Crippen LogP) is 2.74. The molecule has 0 bridgehead atoms. The van der Waals surface area contributed by atoms with Gasteiger partial charge < -0.3 is 33.5 Å². The fourth-order valence-electron chi connectivity index (χ4n) is 5.32. The summed E-state index contributed by atoms with van der Waals surface area (Å²) in [6.07, 6.45) is 0.372. The molecule has 1 unspecified atom stereocenters. The van der Waals surface area contributed by atoms with Crippen molar-refractivity contribution >= 4 is 5.97 Å². The van der Waals surface area contributed by atoms with E-state index in [2.05, 4.69) is 6.92 Å². The second kappa shape index (κ2) is 10.8. The Kier molecular flexibility index (Phi) is 8.04. The van der Waals surface area contributed by atoms with Gasteiger partial charge in [0, 0.05) is 27.1 Å². The van der Waals surface area contributed by atoms with Gasteiger partial charge in [0.1, 0.15) is 18.3 Å². The normalized spacial score (nSPS) is 37.9. The third-order valence-electron chi connectivity index (χ3n) is 6.85. The van der Waals surface area contributed by atoms with Crippen molar-refractivity contribution in [2.24, 2.45) is 0 Å². The highest BCUT2D eigenvalue weighted by atomic mass is 16.8. The second-order valence-corrected chi connectivity index (χ2v) is 9.09. The number of aliphatic hydroxyl groups is 1. The zero-order valence-corrected chi connectivity index (χ0v) is 19.7. The molecular formula is C25H36O8. The summed E-state index contributed by atoms with van der Waals surface area (Å²) in [6.45, 7) is 3.93. The number of carbonyl (C=O) groups excluding carboxylic acids is 1. The fourth-order valence-corrected chi connectivity index (χ4v) is 5.32. The van der Waals surface area contributed by atoms with E-state index in [1.807, 2.05) is 30.3 Å². The van der Waals surface area contributed by atoms with Gasteiger partial charge in [0.05, 0.1) is 18.8 Å². The van der Waals surface area contributed by atoms with Gasteiger partial charge in [-0.1, -0.05) is 43.7 Å². The van der Waals surface area contributed by atoms with E-state index in [4.69, 9.17) is 28.4 Å². The Morgan fingerprint density at radius 2 is 1.94 bits per heavy atom. The van der Waals surface area contributed by atoms with Crippen LogP contribution in [0.5, 0.6) is 0 Å². The van der Waals surface area contributed by atoms with Crippen molar-refractivity contribution in [3.05, 3.63) is 35.9 Å². The lowest BCUT2D eigenvalue weighted by atomic mass is 9.85. The largest absolute Gasteiger partial charge is 0.457 e. The molecule has 0 radical (unpaired) electrons. The fraction of sp³-hybridized carbons (Fsp3) is 0.720. The zero-order chi connectivity index (χ0) is 23.4. The minimum Gasteiger partial charge on any atom is -0.457 e. The van der Waals surface area contributed by atoms with Crippen LogP contribution in [0.1, 0.15) is 51.5 Å². The molecule has 8 heteroatoms. The summed E-state index contributed by atoms with van der Waals surface area (Å²) in [5.74, 6) is -1.49. The number of hydrogen-bond donors (Lipinski definition) is 1. The SMILES string of the molecule is CCC[C@H]1O[C@@H]2[C@@H](OC3(OC)CC[C@H](CCO)O[C@@H]3[C@H]2OC(C)=O)[C@H]1OCc1ccccc1. The molecule has 3 heterocycles. The first-order chi connectivity index (χ1) is 16.0. The first-order valence-corrected chi connectivity index (χ1v) is 12.0. The van der Waals surface area contributed by atoms with Crippen LogP contribution in [-0.4, -0.2) is 73.3 Å². The van der Waals surface area contributed by atoms with Crippen molar-refractivity contribution in [3.8, 4) is 0 Å². The third kappa shape index (κ3) is 5.11. The van der Waals surface area contributed by atoms with Gasteiger partial charge in [0.2, 0.25) is 0 Å². The number of ether oxygens (including phenoxy) is 6. The van der Waals surface area contributed by atoms with Crippen molar-refractivity contribution in [2.45, 2.75) is 101 Å². The standard InChI is InChI=1S/C25H36O8/c1-4-8-19-20(29-15-17-9-6-5-7-10-17)22-21(32-19)23(30-16(2)27)24-25(28-3,33-22)13-11-18(31-24)12-14-26/h5-7,9-10,18-24,26H,4,8,11-15H2,1-3H3/t18-,19-,20+,21-,22+,23+,24-,25?/m1/s1. The number of aliphatic hydroxyl groups excluding tert-OH is 1. The maximum atomic E-state index is 12.1. The van der Waals surface area contributed by atoms with Gasteiger partial charge in [0.25, 0.3) is 0 Å². The van der Waals surface area contributed by atoms with Gasteiger partial charge in [-0.2, -0.15) is 0 Å². The summed E-state index contributed by atoms with van der Waals surface area (Å²) >= 11 is 0. The van der Waals surface area contributed by atoms with Gasteiger partial charge in [-0.05, 0) is 24.8 Å². The highest BCUT2D eigenvalue weighted by Gasteiger charge is 2.65. The first-order valence-electron chi connectivity index (χ1n) is 12.0. The number of carbonyl (C=O) groups is 1. The topological polar surface area (TPSA) is 92.7 Å². The van der Waals surface area contributed by atoms with Crippen LogP contribution in [0, 0.1) is 0 Å². The minimum absolute atomic E-state index is 0.0208. The molecule has 1 N–H and O–H groups in total. The molecule has 4 rings (SSSR count). The lowest BCUT2D eigenvalue weighted by molar-refractivity contribution is -0.383. The Morgan fingerprint density at radius 1 is 1.15 bits per heavy atom. The molecule has 3 aliphatic rings. The van der Waals surface area contributed by atoms with Gasteiger partial charge >= 0.3 is 5.97 Å². The van der Waals surface area contributed by atoms with E-state index in [-0.39, 0.29) is 24.9 Å². The summed E-state index contributed by atoms with van der Waals surface area (Å²) in [6, 6.07) is 9.98. The van der Waals surface area contributed by atoms with Gasteiger partial charge in [0.15, 0.2) is 18.0 Å². The lowest BCUT2D eigenvalue weighted by Gasteiger charge is -2.53. The smallest absolute Gasteiger partial charge is 0.303 e. The molecule has 0 aromatic heterocycles. The number of fused-ring (bicyclic) bond motifs is 2. The number of methoxy groups -OCH3 is 1. The summed E-state index contributed by atoms with van der Waals surface area (Å²) < 4.78 is 37.5. The van der Waals surface area contributed by atoms with Crippen molar-refractivity contribution < 1.29 is 38.3 Å². The van der Waals surface area contributed by atoms with Crippen molar-refractivity contribution in [2.75, 3.05) is 13.7 Å². The van der Waals surface area contributed by atoms with Crippen LogP contribution in [0.3, 0.4) is 0 Å². The van der Waals surface area contributed by atoms with E-state index in [0.29, 0.717) is 25.9 Å². The summed E-state index contributed by atoms with van der Waals surface area (Å²) in [5.41, 5.74) is 1.07. The molecule has 0 spiro atoms. The number of rotatable bonds is 9. The van der Waals surface area contributed by atoms with Gasteiger partial charge in [-0.25, -0.2) is 0 Å². The molecule has 33 heavy (non-hydrogen) atoms. The van der Waals surface area contributed by atoms with Gasteiger partial charge in [-0.15, -0.1) is 0 Å². The quantitative estimate of drug-likeness (QED) is 0.558. The molecule has 3 fully saturated rings. The average Bonchev–Trinajstić information content (AvgIpc) is 3.15. The molecule has 8 nitrogen and oxygen atoms in total. The Morgan fingerprint density at radius 3 is 2.61 bits per heavy atom. The Bertz CT molecular complexity index is 773. The lowest BCUT2D eigenvalue weighted by Crippen LogP contribution is -2.69. The van der Waals surface area contributed by atoms with Crippen LogP contribution in [0.4, 0.5) is 0 Å². The van der Waals surface area contributed by atoms with Crippen LogP contribution in [-0.2, 0) is 39.8 Å². The number of esters is 1. The molecule has 1 aromatic carbocycles. The van der Waals surface area contributed by atoms with Crippen molar-refractivity contribution in [1.82, 2.24) is 0 Å². The van der Waals surface area contributed by atoms with E-state index in [9.17, 15) is 9.90 Å². The van der Waals surface area contributed by atoms with Crippen LogP contribution < -0.4 is 0 Å². The third-order valence-corrected chi connectivity index (χ3v) is 6.85. The highest BCUT2D eigenvalue weighted by Crippen LogP contribution is 2.47. The molecule has 3 aliphatic heterocycles. The molecule has 3 saturated heterocycles. The van der Waals surface area contributed by atoms with Crippen molar-refractivity contribution in [3.63, 3.8) is 0 Å². The van der Waals surface area contributed by atoms with Crippen LogP contribution in [0.25, 0.3) is 0 Å². The highest BCUT2D eigenvalue weighted by molar-refractivity contribution is 5.66. The zero-order valence-electron chi connectivity index (χ0n) is 19.7. The van der Waals surface area contributed by atoms with E-state index in [0.717, 1.165) is 18.4 Å². The maximum absolute atomic E-state index is 12.1. The van der Waals surface area contributed by atoms with E-state index < -0.39 is 36.2 Å². The van der Waals surface area contributed by atoms with E-state index in [1.54, 1.807) is 7.11 Å². The predicted molar refractivity (Wildman–Crippen MR) is 118 cm³/mol. The Balaban J connectivity index is 1.62. The van der Waals surface area contributed by atoms with Gasteiger partial charge in [-0.3, -0.25) is 4.79 Å². The molecule has 0 amide bonds. The van der Waals surface area contributed by atoms with Crippen LogP contribution in [0.15, 0.2) is 30.3 Å². The Labute approximate surface area is 195 Å². The average molecular weight is 465 g/mol. The number of hydrogen-bond acceptors (Lipinski definition) is 8. The number of benzene rings is 1. The maximum Gasteiger partial charge on any atom is 0.303 e. The molecule has 1 aromatic rings. The molecule has 0 saturated carbocycles. The van der Waals surface area contributed by atoms with Crippen LogP contribution in [0.2, 0.25) is 0 Å². The molecular weight excluding hydrogens is 428 g/mol. The Hall–Kier alpha value is -1.55. The first kappa shape index (κ1) is 24.6.